The van der Waals surface area contributed by atoms with Gasteiger partial charge in [-0.05, 0) is 84.5 Å². The average Bonchev–Trinajstić information content (AvgIpc) is 3.68. The monoisotopic (exact) mass is 698 g/mol. The smallest absolute Gasteiger partial charge is 0.264 e. The minimum atomic E-state index is -1.16. The lowest BCUT2D eigenvalue weighted by Gasteiger charge is -2.31. The van der Waals surface area contributed by atoms with Crippen LogP contribution in [0.4, 0.5) is 10.1 Å². The van der Waals surface area contributed by atoms with Crippen LogP contribution in [-0.2, 0) is 14.4 Å². The van der Waals surface area contributed by atoms with Crippen molar-refractivity contribution in [3.63, 3.8) is 0 Å². The number of anilines is 1. The highest BCUT2D eigenvalue weighted by molar-refractivity contribution is 6.36. The van der Waals surface area contributed by atoms with E-state index in [1.807, 2.05) is 12.1 Å². The van der Waals surface area contributed by atoms with Gasteiger partial charge in [-0.1, -0.05) is 69.8 Å². The van der Waals surface area contributed by atoms with Gasteiger partial charge in [0.05, 0.1) is 17.4 Å². The fraction of sp³-hybridized carbons (Fsp3) is 0.250. The molecule has 234 valence electrons. The number of rotatable bonds is 5. The van der Waals surface area contributed by atoms with Crippen molar-refractivity contribution in [2.45, 2.75) is 37.4 Å². The van der Waals surface area contributed by atoms with Crippen LogP contribution in [0.15, 0.2) is 81.7 Å². The number of benzene rings is 3. The van der Waals surface area contributed by atoms with E-state index >= 15 is 0 Å². The number of halogens is 5. The van der Waals surface area contributed by atoms with Crippen LogP contribution in [0.3, 0.4) is 0 Å². The molecule has 3 amide bonds. The van der Waals surface area contributed by atoms with E-state index in [1.54, 1.807) is 30.3 Å². The maximum Gasteiger partial charge on any atom is 0.264 e. The predicted molar refractivity (Wildman–Crippen MR) is 173 cm³/mol. The van der Waals surface area contributed by atoms with Crippen LogP contribution in [0.5, 0.6) is 0 Å². The molecule has 2 fully saturated rings. The van der Waals surface area contributed by atoms with Crippen LogP contribution in [0.1, 0.15) is 36.4 Å². The van der Waals surface area contributed by atoms with Crippen LogP contribution in [0.2, 0.25) is 20.1 Å². The van der Waals surface area contributed by atoms with Crippen molar-refractivity contribution >= 4 is 81.6 Å². The van der Waals surface area contributed by atoms with Gasteiger partial charge >= 0.3 is 0 Å². The molecule has 4 aliphatic rings. The molecule has 14 heteroatoms. The molecule has 3 aromatic rings. The lowest BCUT2D eigenvalue weighted by atomic mass is 9.77. The summed E-state index contributed by atoms with van der Waals surface area (Å²) in [6.07, 6.45) is 4.25. The van der Waals surface area contributed by atoms with Gasteiger partial charge in [0.2, 0.25) is 0 Å². The van der Waals surface area contributed by atoms with Gasteiger partial charge in [-0.2, -0.15) is 10.2 Å². The third-order valence-electron chi connectivity index (χ3n) is 8.55. The minimum absolute atomic E-state index is 0.0819. The first-order valence-electron chi connectivity index (χ1n) is 14.4. The average molecular weight is 700 g/mol. The standard InChI is InChI=1S/C32H23Cl4FN6O3/c33-18-8-7-16(24(35)12-18)11-17-3-1-6-23-27(17)39-43(29(23)22-10-9-19(34)13-25(22)36)26(44)15-41-30-28(38-40-41)31(45)42(32(30)46)21-5-2-4-20(37)14-21/h2,4-5,7-14,23,28-30H,1,3,6,15H2/b17-11+/t23-,28+,29+,30+/m0/s1. The number of allylic oxidation sites excluding steroid dienone is 1. The molecule has 1 saturated heterocycles. The Labute approximate surface area is 282 Å². The van der Waals surface area contributed by atoms with E-state index in [1.165, 1.54) is 28.2 Å². The fourth-order valence-electron chi connectivity index (χ4n) is 6.50. The molecule has 3 aliphatic heterocycles. The number of hydrogen-bond donors (Lipinski definition) is 0. The van der Waals surface area contributed by atoms with Gasteiger partial charge in [0, 0.05) is 26.0 Å². The highest BCUT2D eigenvalue weighted by atomic mass is 35.5. The molecule has 0 aromatic heterocycles. The molecular weight excluding hydrogens is 677 g/mol. The molecular formula is C32H23Cl4FN6O3. The van der Waals surface area contributed by atoms with Crippen LogP contribution in [0, 0.1) is 11.7 Å². The van der Waals surface area contributed by atoms with Gasteiger partial charge in [0.25, 0.3) is 17.7 Å². The number of hydrogen-bond acceptors (Lipinski definition) is 7. The summed E-state index contributed by atoms with van der Waals surface area (Å²) in [5, 5.41) is 17.3. The van der Waals surface area contributed by atoms with E-state index in [9.17, 15) is 18.8 Å². The molecule has 4 atom stereocenters. The molecule has 9 nitrogen and oxygen atoms in total. The largest absolute Gasteiger partial charge is 0.271 e. The molecule has 0 unspecified atom stereocenters. The fourth-order valence-corrected chi connectivity index (χ4v) is 7.48. The zero-order valence-corrected chi connectivity index (χ0v) is 26.8. The second kappa shape index (κ2) is 12.1. The number of hydrazone groups is 1. The Hall–Kier alpha value is -3.83. The minimum Gasteiger partial charge on any atom is -0.271 e. The molecule has 46 heavy (non-hydrogen) atoms. The van der Waals surface area contributed by atoms with Gasteiger partial charge in [0.1, 0.15) is 12.4 Å². The van der Waals surface area contributed by atoms with Crippen LogP contribution in [-0.4, -0.2) is 52.1 Å². The van der Waals surface area contributed by atoms with Gasteiger partial charge in [-0.25, -0.2) is 14.3 Å². The van der Waals surface area contributed by atoms with Gasteiger partial charge in [0.15, 0.2) is 12.1 Å². The zero-order chi connectivity index (χ0) is 32.3. The van der Waals surface area contributed by atoms with Crippen LogP contribution in [0.25, 0.3) is 6.08 Å². The zero-order valence-electron chi connectivity index (χ0n) is 23.8. The number of fused-ring (bicyclic) bond motifs is 2. The Morgan fingerprint density at radius 1 is 0.935 bits per heavy atom. The first-order chi connectivity index (χ1) is 22.1. The Balaban J connectivity index is 1.21. The molecule has 3 heterocycles. The second-order valence-corrected chi connectivity index (χ2v) is 13.0. The van der Waals surface area contributed by atoms with Crippen molar-refractivity contribution in [1.29, 1.82) is 0 Å². The summed E-state index contributed by atoms with van der Waals surface area (Å²) in [6, 6.07) is 12.6. The first kappa shape index (κ1) is 30.8. The van der Waals surface area contributed by atoms with Gasteiger partial charge < -0.3 is 0 Å². The molecule has 1 saturated carbocycles. The van der Waals surface area contributed by atoms with E-state index in [-0.39, 0.29) is 11.6 Å². The third kappa shape index (κ3) is 5.37. The lowest BCUT2D eigenvalue weighted by Crippen LogP contribution is -2.45. The van der Waals surface area contributed by atoms with Crippen molar-refractivity contribution in [1.82, 2.24) is 10.0 Å². The lowest BCUT2D eigenvalue weighted by molar-refractivity contribution is -0.136. The number of carbonyl (C=O) groups is 3. The van der Waals surface area contributed by atoms with Crippen molar-refractivity contribution in [3.05, 3.63) is 103 Å². The summed E-state index contributed by atoms with van der Waals surface area (Å²) < 4.78 is 13.9. The van der Waals surface area contributed by atoms with E-state index in [4.69, 9.17) is 51.5 Å². The molecule has 7 rings (SSSR count). The Kier molecular flexibility index (Phi) is 8.09. The van der Waals surface area contributed by atoms with Crippen LogP contribution >= 0.6 is 46.4 Å². The first-order valence-corrected chi connectivity index (χ1v) is 15.9. The number of imide groups is 1. The predicted octanol–water partition coefficient (Wildman–Crippen LogP) is 7.56. The third-order valence-corrected chi connectivity index (χ3v) is 9.68. The quantitative estimate of drug-likeness (QED) is 0.257. The van der Waals surface area contributed by atoms with E-state index in [0.717, 1.165) is 40.7 Å². The van der Waals surface area contributed by atoms with Gasteiger partial charge in [-0.3, -0.25) is 19.4 Å². The summed E-state index contributed by atoms with van der Waals surface area (Å²) in [5.74, 6) is -2.57. The number of carbonyl (C=O) groups excluding carboxylic acids is 3. The highest BCUT2D eigenvalue weighted by Gasteiger charge is 2.56. The maximum atomic E-state index is 14.1. The van der Waals surface area contributed by atoms with E-state index in [2.05, 4.69) is 10.3 Å². The topological polar surface area (TPSA) is 98.0 Å². The normalized spacial score (nSPS) is 24.6. The van der Waals surface area contributed by atoms with E-state index < -0.39 is 48.2 Å². The molecule has 0 N–H and O–H groups in total. The summed E-state index contributed by atoms with van der Waals surface area (Å²) in [7, 11) is 0. The molecule has 0 radical (unpaired) electrons. The summed E-state index contributed by atoms with van der Waals surface area (Å²) in [6.45, 7) is -0.395. The summed E-state index contributed by atoms with van der Waals surface area (Å²) in [5.41, 5.74) is 3.17. The Bertz CT molecular complexity index is 1900. The SMILES string of the molecule is O=C1[C@@H]2N=NN(CC(=O)N3N=C4/C(=C/c5ccc(Cl)cc5Cl)CCC[C@@H]4[C@H]3c3ccc(Cl)cc3Cl)[C@H]2C(=O)N1c1cccc(F)c1. The van der Waals surface area contributed by atoms with Gasteiger partial charge in [-0.15, -0.1) is 0 Å². The van der Waals surface area contributed by atoms with Crippen molar-refractivity contribution in [2.24, 2.45) is 21.4 Å². The summed E-state index contributed by atoms with van der Waals surface area (Å²) >= 11 is 25.5. The van der Waals surface area contributed by atoms with E-state index in [0.29, 0.717) is 32.1 Å². The Morgan fingerprint density at radius 2 is 1.70 bits per heavy atom. The Morgan fingerprint density at radius 3 is 2.43 bits per heavy atom. The van der Waals surface area contributed by atoms with Crippen LogP contribution < -0.4 is 4.90 Å². The maximum absolute atomic E-state index is 14.1. The molecule has 0 spiro atoms. The van der Waals surface area contributed by atoms with Crippen molar-refractivity contribution in [3.8, 4) is 0 Å². The number of amides is 3. The molecule has 1 aliphatic carbocycles. The summed E-state index contributed by atoms with van der Waals surface area (Å²) in [4.78, 5) is 41.6. The van der Waals surface area contributed by atoms with Crippen molar-refractivity contribution in [2.75, 3.05) is 11.4 Å². The second-order valence-electron chi connectivity index (χ2n) is 11.4. The number of nitrogens with zero attached hydrogens (tertiary/aromatic N) is 6. The van der Waals surface area contributed by atoms with Crippen molar-refractivity contribution < 1.29 is 18.8 Å². The highest BCUT2D eigenvalue weighted by Crippen LogP contribution is 2.47. The molecule has 3 aromatic carbocycles. The molecule has 0 bridgehead atoms.